The molecule has 2 N–H and O–H groups in total. The van der Waals surface area contributed by atoms with Gasteiger partial charge in [0, 0.05) is 0 Å². The van der Waals surface area contributed by atoms with Gasteiger partial charge in [0.2, 0.25) is 6.69 Å². The zero-order valence-electron chi connectivity index (χ0n) is 16.5. The molecule has 0 unspecified atom stereocenters. The lowest BCUT2D eigenvalue weighted by Gasteiger charge is -2.10. The Balaban J connectivity index is -0.000000173. The Morgan fingerprint density at radius 1 is 0.577 bits per heavy atom. The lowest BCUT2D eigenvalue weighted by Crippen LogP contribution is -2.29. The molecule has 0 bridgehead atoms. The molecule has 26 heavy (non-hydrogen) atoms. The molecule has 6 heteroatoms. The van der Waals surface area contributed by atoms with E-state index in [1.807, 2.05) is 6.55 Å². The molecule has 0 fully saturated rings. The van der Waals surface area contributed by atoms with Crippen LogP contribution in [0.5, 0.6) is 0 Å². The van der Waals surface area contributed by atoms with Gasteiger partial charge in [0.1, 0.15) is 0 Å². The molecule has 0 saturated heterocycles. The molecule has 0 atom stereocenters. The van der Waals surface area contributed by atoms with Gasteiger partial charge in [0.05, 0.1) is 0 Å². The smallest absolute Gasteiger partial charge is 0.329 e. The minimum atomic E-state index is -2.73. The first kappa shape index (κ1) is 34.4. The van der Waals surface area contributed by atoms with Crippen molar-refractivity contribution in [3.8, 4) is 0 Å². The van der Waals surface area contributed by atoms with E-state index in [-0.39, 0.29) is 14.9 Å². The van der Waals surface area contributed by atoms with Crippen molar-refractivity contribution in [3.05, 3.63) is 0 Å². The third-order valence-corrected chi connectivity index (χ3v) is 7.64. The third kappa shape index (κ3) is 39.8. The van der Waals surface area contributed by atoms with Crippen molar-refractivity contribution < 1.29 is 9.59 Å². The quantitative estimate of drug-likeness (QED) is 0.158. The highest BCUT2D eigenvalue weighted by Crippen LogP contribution is 2.23. The highest BCUT2D eigenvalue weighted by Gasteiger charge is 2.20. The number of halogens is 2. The van der Waals surface area contributed by atoms with Gasteiger partial charge >= 0.3 is 8.56 Å². The van der Waals surface area contributed by atoms with Crippen LogP contribution in [0, 0.1) is 0 Å². The van der Waals surface area contributed by atoms with Gasteiger partial charge in [-0.1, -0.05) is 106 Å². The molecular formula is C20H50Cl2O2Si2. The molecule has 0 aromatic carbocycles. The monoisotopic (exact) mass is 448 g/mol. The van der Waals surface area contributed by atoms with Crippen molar-refractivity contribution >= 4 is 37.4 Å². The lowest BCUT2D eigenvalue weighted by atomic mass is 10.1. The molecule has 0 aromatic heterocycles. The van der Waals surface area contributed by atoms with Crippen LogP contribution in [-0.2, 0) is 0 Å². The lowest BCUT2D eigenvalue weighted by molar-refractivity contribution is 0.366. The van der Waals surface area contributed by atoms with E-state index in [0.29, 0.717) is 6.04 Å². The van der Waals surface area contributed by atoms with Gasteiger partial charge in [-0.25, -0.2) is 0 Å². The maximum absolute atomic E-state index is 9.11. The summed E-state index contributed by atoms with van der Waals surface area (Å²) in [5, 5.41) is 0. The Morgan fingerprint density at radius 3 is 1.19 bits per heavy atom. The van der Waals surface area contributed by atoms with Gasteiger partial charge in [0.15, 0.2) is 0 Å². The van der Waals surface area contributed by atoms with Crippen LogP contribution in [0.3, 0.4) is 0 Å². The Bertz CT molecular complexity index is 229. The second kappa shape index (κ2) is 22.2. The summed E-state index contributed by atoms with van der Waals surface area (Å²) in [5.74, 6) is 0. The number of hydrogen-bond acceptors (Lipinski definition) is 2. The van der Waals surface area contributed by atoms with Crippen LogP contribution in [0.2, 0.25) is 25.2 Å². The second-order valence-electron chi connectivity index (χ2n) is 7.32. The third-order valence-electron chi connectivity index (χ3n) is 3.97. The van der Waals surface area contributed by atoms with Crippen molar-refractivity contribution in [3.63, 3.8) is 0 Å². The number of hydrogen-bond donors (Lipinski definition) is 2. The van der Waals surface area contributed by atoms with Crippen LogP contribution in [0.1, 0.15) is 106 Å². The van der Waals surface area contributed by atoms with Crippen LogP contribution >= 0.6 is 22.2 Å². The topological polar surface area (TPSA) is 40.5 Å². The minimum Gasteiger partial charge on any atom is -0.411 e. The molecule has 0 rings (SSSR count). The summed E-state index contributed by atoms with van der Waals surface area (Å²) >= 11 is 12.0. The SMILES string of the molecule is C.C.CCCCCCCC[Si](C)(Cl)Cl.CCCCCCCC[Si](C)(O)O. The average Bonchev–Trinajstić information content (AvgIpc) is 2.45. The van der Waals surface area contributed by atoms with Crippen molar-refractivity contribution in [2.75, 3.05) is 0 Å². The molecule has 0 aliphatic carbocycles. The van der Waals surface area contributed by atoms with E-state index in [0.717, 1.165) is 18.9 Å². The van der Waals surface area contributed by atoms with Crippen molar-refractivity contribution in [2.45, 2.75) is 131 Å². The zero-order valence-corrected chi connectivity index (χ0v) is 20.1. The van der Waals surface area contributed by atoms with Crippen LogP contribution in [0.4, 0.5) is 0 Å². The Morgan fingerprint density at radius 2 is 0.885 bits per heavy atom. The summed E-state index contributed by atoms with van der Waals surface area (Å²) in [7, 11) is -2.73. The first-order chi connectivity index (χ1) is 11.1. The maximum atomic E-state index is 9.11. The summed E-state index contributed by atoms with van der Waals surface area (Å²) in [5.41, 5.74) is 0. The predicted octanol–water partition coefficient (Wildman–Crippen LogP) is 8.57. The standard InChI is InChI=1S/C9H20Cl2Si.C9H22O2Si.2CH4/c2*1-3-4-5-6-7-8-9-12(2,10)11;;/h3-9H2,1-2H3;10-11H,3-9H2,1-2H3;2*1H4. The largest absolute Gasteiger partial charge is 0.411 e. The molecule has 0 heterocycles. The van der Waals surface area contributed by atoms with Crippen LogP contribution in [0.15, 0.2) is 0 Å². The normalized spacial score (nSPS) is 11.1. The summed E-state index contributed by atoms with van der Waals surface area (Å²) < 4.78 is 0. The molecule has 0 radical (unpaired) electrons. The van der Waals surface area contributed by atoms with Gasteiger partial charge in [-0.15, -0.1) is 22.2 Å². The predicted molar refractivity (Wildman–Crippen MR) is 129 cm³/mol. The number of unbranched alkanes of at least 4 members (excludes halogenated alkanes) is 10. The zero-order chi connectivity index (χ0) is 18.9. The fourth-order valence-corrected chi connectivity index (χ4v) is 5.05. The Kier molecular flexibility index (Phi) is 29.4. The molecule has 0 amide bonds. The van der Waals surface area contributed by atoms with Gasteiger partial charge in [-0.3, -0.25) is 0 Å². The summed E-state index contributed by atoms with van der Waals surface area (Å²) in [6.07, 6.45) is 15.2. The van der Waals surface area contributed by atoms with Gasteiger partial charge in [-0.2, -0.15) is 0 Å². The van der Waals surface area contributed by atoms with Gasteiger partial charge in [-0.05, 0) is 25.2 Å². The molecule has 0 saturated carbocycles. The van der Waals surface area contributed by atoms with E-state index < -0.39 is 15.3 Å². The van der Waals surface area contributed by atoms with Crippen LogP contribution in [-0.4, -0.2) is 24.8 Å². The van der Waals surface area contributed by atoms with Crippen molar-refractivity contribution in [1.29, 1.82) is 0 Å². The maximum Gasteiger partial charge on any atom is 0.329 e. The van der Waals surface area contributed by atoms with Crippen molar-refractivity contribution in [1.82, 2.24) is 0 Å². The van der Waals surface area contributed by atoms with E-state index in [1.165, 1.54) is 64.2 Å². The fourth-order valence-electron chi connectivity index (χ4n) is 2.46. The van der Waals surface area contributed by atoms with Crippen molar-refractivity contribution in [2.24, 2.45) is 0 Å². The van der Waals surface area contributed by atoms with Gasteiger partial charge < -0.3 is 9.59 Å². The van der Waals surface area contributed by atoms with Crippen LogP contribution < -0.4 is 0 Å². The minimum absolute atomic E-state index is 0. The fraction of sp³-hybridized carbons (Fsp3) is 1.00. The van der Waals surface area contributed by atoms with Crippen LogP contribution in [0.25, 0.3) is 0 Å². The molecule has 2 nitrogen and oxygen atoms in total. The molecule has 0 aliphatic rings. The Labute approximate surface area is 177 Å². The number of rotatable bonds is 14. The van der Waals surface area contributed by atoms with E-state index >= 15 is 0 Å². The highest BCUT2D eigenvalue weighted by molar-refractivity contribution is 7.44. The van der Waals surface area contributed by atoms with Gasteiger partial charge in [0.25, 0.3) is 0 Å². The molecule has 0 aromatic rings. The average molecular weight is 450 g/mol. The summed E-state index contributed by atoms with van der Waals surface area (Å²) in [6, 6.07) is 1.70. The second-order valence-corrected chi connectivity index (χ2v) is 18.5. The molecule has 164 valence electrons. The first-order valence-electron chi connectivity index (χ1n) is 9.95. The molecule has 0 spiro atoms. The van der Waals surface area contributed by atoms with E-state index in [4.69, 9.17) is 31.7 Å². The summed E-state index contributed by atoms with van der Waals surface area (Å²) in [6.45, 7) is 6.24. The van der Waals surface area contributed by atoms with E-state index in [1.54, 1.807) is 6.55 Å². The van der Waals surface area contributed by atoms with E-state index in [2.05, 4.69) is 13.8 Å². The summed E-state index contributed by atoms with van der Waals surface area (Å²) in [4.78, 5) is 18.2. The Hall–Kier alpha value is 0.934. The molecule has 0 aliphatic heterocycles. The molecular weight excluding hydrogens is 399 g/mol. The highest BCUT2D eigenvalue weighted by atomic mass is 35.7. The first-order valence-corrected chi connectivity index (χ1v) is 17.3. The van der Waals surface area contributed by atoms with E-state index in [9.17, 15) is 0 Å².